The van der Waals surface area contributed by atoms with E-state index < -0.39 is 8.38 Å². The lowest BCUT2D eigenvalue weighted by Gasteiger charge is -2.29. The molecule has 0 unspecified atom stereocenters. The second kappa shape index (κ2) is 2.17. The van der Waals surface area contributed by atoms with Gasteiger partial charge in [0.1, 0.15) is 0 Å². The minimum absolute atomic E-state index is 0.131. The maximum absolute atomic E-state index is 5.61. The summed E-state index contributed by atoms with van der Waals surface area (Å²) in [4.78, 5) is 0. The molecule has 3 heteroatoms. The fraction of sp³-hybridized carbons (Fsp3) is 1.00. The molecular weight excluding hydrogens is 147 g/mol. The summed E-state index contributed by atoms with van der Waals surface area (Å²) in [5.41, 5.74) is -0.263. The second-order valence-electron chi connectivity index (χ2n) is 3.64. The normalized spacial score (nSPS) is 30.9. The van der Waals surface area contributed by atoms with Crippen LogP contribution in [0.3, 0.4) is 0 Å². The zero-order valence-corrected chi connectivity index (χ0v) is 8.16. The lowest BCUT2D eigenvalue weighted by molar-refractivity contribution is 0.00578. The van der Waals surface area contributed by atoms with E-state index >= 15 is 0 Å². The summed E-state index contributed by atoms with van der Waals surface area (Å²) in [6.07, 6.45) is 0. The molecule has 0 aromatic carbocycles. The molecule has 0 saturated carbocycles. The summed E-state index contributed by atoms with van der Waals surface area (Å²) in [6.45, 7) is 10.3. The van der Waals surface area contributed by atoms with Crippen LogP contribution in [-0.4, -0.2) is 17.9 Å². The highest BCUT2D eigenvalue weighted by Crippen LogP contribution is 2.55. The Morgan fingerprint density at radius 3 is 1.30 bits per heavy atom. The Labute approximate surface area is 63.8 Å². The van der Waals surface area contributed by atoms with Crippen molar-refractivity contribution in [2.45, 2.75) is 38.9 Å². The SMILES string of the molecule is CP1OC(C)(C)C(C)(C)O1. The van der Waals surface area contributed by atoms with Crippen LogP contribution in [0.15, 0.2) is 0 Å². The van der Waals surface area contributed by atoms with Crippen LogP contribution in [0, 0.1) is 0 Å². The summed E-state index contributed by atoms with van der Waals surface area (Å²) < 4.78 is 11.2. The first-order chi connectivity index (χ1) is 4.35. The molecule has 0 radical (unpaired) electrons. The first kappa shape index (κ1) is 8.45. The van der Waals surface area contributed by atoms with Gasteiger partial charge in [0.25, 0.3) is 0 Å². The van der Waals surface area contributed by atoms with Crippen LogP contribution in [0.5, 0.6) is 0 Å². The van der Waals surface area contributed by atoms with E-state index in [-0.39, 0.29) is 11.2 Å². The van der Waals surface area contributed by atoms with Gasteiger partial charge < -0.3 is 9.05 Å². The first-order valence-electron chi connectivity index (χ1n) is 3.47. The lowest BCUT2D eigenvalue weighted by Crippen LogP contribution is -2.41. The van der Waals surface area contributed by atoms with Gasteiger partial charge in [-0.3, -0.25) is 0 Å². The van der Waals surface area contributed by atoms with Gasteiger partial charge in [0, 0.05) is 6.66 Å². The van der Waals surface area contributed by atoms with Crippen LogP contribution in [0.4, 0.5) is 0 Å². The molecule has 1 rings (SSSR count). The average Bonchev–Trinajstić information content (AvgIpc) is 1.73. The van der Waals surface area contributed by atoms with Crippen molar-refractivity contribution in [2.24, 2.45) is 0 Å². The third-order valence-corrected chi connectivity index (χ3v) is 3.59. The summed E-state index contributed by atoms with van der Waals surface area (Å²) in [7, 11) is -0.641. The summed E-state index contributed by atoms with van der Waals surface area (Å²) >= 11 is 0. The van der Waals surface area contributed by atoms with Crippen LogP contribution in [0.25, 0.3) is 0 Å². The molecule has 0 bridgehead atoms. The highest BCUT2D eigenvalue weighted by atomic mass is 31.2. The van der Waals surface area contributed by atoms with E-state index in [1.165, 1.54) is 0 Å². The maximum atomic E-state index is 5.61. The van der Waals surface area contributed by atoms with Crippen molar-refractivity contribution in [3.05, 3.63) is 0 Å². The minimum atomic E-state index is -0.641. The third-order valence-electron chi connectivity index (χ3n) is 2.16. The molecule has 1 aliphatic rings. The zero-order valence-electron chi connectivity index (χ0n) is 7.26. The maximum Gasteiger partial charge on any atom is 0.168 e. The van der Waals surface area contributed by atoms with E-state index in [2.05, 4.69) is 27.7 Å². The van der Waals surface area contributed by atoms with Crippen LogP contribution >= 0.6 is 8.38 Å². The molecular formula is C7H15O2P. The third kappa shape index (κ3) is 1.20. The Bertz CT molecular complexity index is 127. The Morgan fingerprint density at radius 2 is 1.20 bits per heavy atom. The van der Waals surface area contributed by atoms with Gasteiger partial charge in [0.05, 0.1) is 11.2 Å². The number of rotatable bonds is 0. The molecule has 1 aliphatic heterocycles. The van der Waals surface area contributed by atoms with Crippen molar-refractivity contribution < 1.29 is 9.05 Å². The Balaban J connectivity index is 2.78. The molecule has 0 spiro atoms. The summed E-state index contributed by atoms with van der Waals surface area (Å²) in [5, 5.41) is 0. The molecule has 10 heavy (non-hydrogen) atoms. The quantitative estimate of drug-likeness (QED) is 0.509. The largest absolute Gasteiger partial charge is 0.325 e. The van der Waals surface area contributed by atoms with Gasteiger partial charge >= 0.3 is 0 Å². The number of hydrogen-bond donors (Lipinski definition) is 0. The van der Waals surface area contributed by atoms with E-state index in [0.717, 1.165) is 0 Å². The highest BCUT2D eigenvalue weighted by Gasteiger charge is 2.48. The van der Waals surface area contributed by atoms with Crippen molar-refractivity contribution >= 4 is 8.38 Å². The number of hydrogen-bond acceptors (Lipinski definition) is 2. The van der Waals surface area contributed by atoms with Gasteiger partial charge in [-0.1, -0.05) is 0 Å². The molecule has 0 N–H and O–H groups in total. The molecule has 0 amide bonds. The van der Waals surface area contributed by atoms with E-state index in [9.17, 15) is 0 Å². The van der Waals surface area contributed by atoms with Crippen molar-refractivity contribution in [1.82, 2.24) is 0 Å². The van der Waals surface area contributed by atoms with Crippen LogP contribution in [0.2, 0.25) is 0 Å². The Kier molecular flexibility index (Phi) is 1.83. The van der Waals surface area contributed by atoms with Gasteiger partial charge in [0.15, 0.2) is 8.38 Å². The molecule has 1 heterocycles. The summed E-state index contributed by atoms with van der Waals surface area (Å²) in [5.74, 6) is 0. The zero-order chi connectivity index (χ0) is 7.99. The molecule has 0 aromatic heterocycles. The van der Waals surface area contributed by atoms with E-state index in [1.54, 1.807) is 0 Å². The van der Waals surface area contributed by atoms with Gasteiger partial charge in [0.2, 0.25) is 0 Å². The van der Waals surface area contributed by atoms with Gasteiger partial charge in [-0.2, -0.15) is 0 Å². The molecule has 1 fully saturated rings. The van der Waals surface area contributed by atoms with Crippen molar-refractivity contribution in [3.8, 4) is 0 Å². The van der Waals surface area contributed by atoms with Crippen molar-refractivity contribution in [2.75, 3.05) is 6.66 Å². The Hall–Kier alpha value is 0.350. The minimum Gasteiger partial charge on any atom is -0.325 e. The molecule has 0 aromatic rings. The van der Waals surface area contributed by atoms with Crippen molar-refractivity contribution in [3.63, 3.8) is 0 Å². The molecule has 1 saturated heterocycles. The predicted octanol–water partition coefficient (Wildman–Crippen LogP) is 2.53. The summed E-state index contributed by atoms with van der Waals surface area (Å²) in [6, 6.07) is 0. The Morgan fingerprint density at radius 1 is 0.900 bits per heavy atom. The monoisotopic (exact) mass is 162 g/mol. The highest BCUT2D eigenvalue weighted by molar-refractivity contribution is 7.46. The van der Waals surface area contributed by atoms with Gasteiger partial charge in [-0.15, -0.1) is 0 Å². The fourth-order valence-electron chi connectivity index (χ4n) is 0.881. The van der Waals surface area contributed by atoms with E-state index in [4.69, 9.17) is 9.05 Å². The molecule has 2 nitrogen and oxygen atoms in total. The predicted molar refractivity (Wildman–Crippen MR) is 43.2 cm³/mol. The molecule has 60 valence electrons. The average molecular weight is 162 g/mol. The van der Waals surface area contributed by atoms with Crippen LogP contribution < -0.4 is 0 Å². The van der Waals surface area contributed by atoms with Crippen molar-refractivity contribution in [1.29, 1.82) is 0 Å². The first-order valence-corrected chi connectivity index (χ1v) is 5.10. The van der Waals surface area contributed by atoms with E-state index in [0.29, 0.717) is 0 Å². The smallest absolute Gasteiger partial charge is 0.168 e. The lowest BCUT2D eigenvalue weighted by atomic mass is 9.90. The molecule has 0 aliphatic carbocycles. The van der Waals surface area contributed by atoms with Crippen LogP contribution in [0.1, 0.15) is 27.7 Å². The molecule has 0 atom stereocenters. The van der Waals surface area contributed by atoms with Gasteiger partial charge in [-0.05, 0) is 27.7 Å². The fourth-order valence-corrected chi connectivity index (χ4v) is 2.64. The van der Waals surface area contributed by atoms with Gasteiger partial charge in [-0.25, -0.2) is 0 Å². The standard InChI is InChI=1S/C7H15O2P/c1-6(2)7(3,4)9-10(5)8-6/h1-5H3. The van der Waals surface area contributed by atoms with Crippen LogP contribution in [-0.2, 0) is 9.05 Å². The van der Waals surface area contributed by atoms with E-state index in [1.807, 2.05) is 6.66 Å². The topological polar surface area (TPSA) is 18.5 Å². The second-order valence-corrected chi connectivity index (χ2v) is 4.89.